The SMILES string of the molecule is O=C(CN1CCNCC1c1cccnc1)NCCOc1ccc(F)cc1. The van der Waals surface area contributed by atoms with E-state index in [1.54, 1.807) is 18.3 Å². The topological polar surface area (TPSA) is 66.5 Å². The Kier molecular flexibility index (Phi) is 6.51. The fourth-order valence-corrected chi connectivity index (χ4v) is 2.97. The van der Waals surface area contributed by atoms with E-state index in [0.717, 1.165) is 25.2 Å². The summed E-state index contributed by atoms with van der Waals surface area (Å²) < 4.78 is 18.3. The summed E-state index contributed by atoms with van der Waals surface area (Å²) in [5.74, 6) is 0.243. The summed E-state index contributed by atoms with van der Waals surface area (Å²) >= 11 is 0. The molecule has 7 heteroatoms. The number of nitrogens with zero attached hydrogens (tertiary/aromatic N) is 2. The molecule has 138 valence electrons. The first-order chi connectivity index (χ1) is 12.7. The molecule has 1 aliphatic heterocycles. The van der Waals surface area contributed by atoms with E-state index in [0.29, 0.717) is 25.4 Å². The number of aromatic nitrogens is 1. The molecule has 1 saturated heterocycles. The fraction of sp³-hybridized carbons (Fsp3) is 0.368. The Bertz CT molecular complexity index is 696. The number of hydrogen-bond acceptors (Lipinski definition) is 5. The molecule has 1 atom stereocenters. The van der Waals surface area contributed by atoms with E-state index < -0.39 is 0 Å². The summed E-state index contributed by atoms with van der Waals surface area (Å²) in [6.07, 6.45) is 3.59. The van der Waals surface area contributed by atoms with Gasteiger partial charge in [0.15, 0.2) is 0 Å². The average Bonchev–Trinajstić information content (AvgIpc) is 2.68. The Balaban J connectivity index is 1.43. The van der Waals surface area contributed by atoms with Crippen molar-refractivity contribution in [1.29, 1.82) is 0 Å². The van der Waals surface area contributed by atoms with Crippen LogP contribution in [0.3, 0.4) is 0 Å². The van der Waals surface area contributed by atoms with Crippen molar-refractivity contribution in [2.45, 2.75) is 6.04 Å². The highest BCUT2D eigenvalue weighted by atomic mass is 19.1. The van der Waals surface area contributed by atoms with Crippen molar-refractivity contribution < 1.29 is 13.9 Å². The number of nitrogens with one attached hydrogen (secondary N) is 2. The first-order valence-corrected chi connectivity index (χ1v) is 8.72. The van der Waals surface area contributed by atoms with Crippen LogP contribution < -0.4 is 15.4 Å². The highest BCUT2D eigenvalue weighted by Crippen LogP contribution is 2.20. The largest absolute Gasteiger partial charge is 0.492 e. The van der Waals surface area contributed by atoms with Gasteiger partial charge >= 0.3 is 0 Å². The zero-order valence-electron chi connectivity index (χ0n) is 14.5. The van der Waals surface area contributed by atoms with Crippen LogP contribution in [0.5, 0.6) is 5.75 Å². The molecule has 2 N–H and O–H groups in total. The highest BCUT2D eigenvalue weighted by Gasteiger charge is 2.25. The van der Waals surface area contributed by atoms with Gasteiger partial charge in [0.25, 0.3) is 0 Å². The molecule has 2 aromatic rings. The minimum Gasteiger partial charge on any atom is -0.492 e. The van der Waals surface area contributed by atoms with Gasteiger partial charge in [-0.05, 0) is 35.9 Å². The van der Waals surface area contributed by atoms with Crippen LogP contribution in [0.1, 0.15) is 11.6 Å². The number of benzene rings is 1. The van der Waals surface area contributed by atoms with Crippen molar-refractivity contribution in [2.75, 3.05) is 39.3 Å². The third-order valence-electron chi connectivity index (χ3n) is 4.28. The van der Waals surface area contributed by atoms with Crippen molar-refractivity contribution in [3.63, 3.8) is 0 Å². The van der Waals surface area contributed by atoms with E-state index in [9.17, 15) is 9.18 Å². The molecule has 1 aromatic carbocycles. The molecule has 1 amide bonds. The van der Waals surface area contributed by atoms with E-state index in [2.05, 4.69) is 20.5 Å². The summed E-state index contributed by atoms with van der Waals surface area (Å²) in [5.41, 5.74) is 1.10. The van der Waals surface area contributed by atoms with Crippen LogP contribution in [-0.2, 0) is 4.79 Å². The van der Waals surface area contributed by atoms with Crippen molar-refractivity contribution in [3.8, 4) is 5.75 Å². The van der Waals surface area contributed by atoms with E-state index in [-0.39, 0.29) is 17.8 Å². The second-order valence-corrected chi connectivity index (χ2v) is 6.13. The number of carbonyl (C=O) groups is 1. The number of piperazine rings is 1. The van der Waals surface area contributed by atoms with Gasteiger partial charge in [-0.2, -0.15) is 0 Å². The summed E-state index contributed by atoms with van der Waals surface area (Å²) in [6.45, 7) is 3.53. The quantitative estimate of drug-likeness (QED) is 0.732. The lowest BCUT2D eigenvalue weighted by Crippen LogP contribution is -2.49. The van der Waals surface area contributed by atoms with Crippen molar-refractivity contribution in [3.05, 3.63) is 60.2 Å². The molecule has 2 heterocycles. The number of carbonyl (C=O) groups excluding carboxylic acids is 1. The Morgan fingerprint density at radius 2 is 2.19 bits per heavy atom. The van der Waals surface area contributed by atoms with Crippen LogP contribution in [0.2, 0.25) is 0 Å². The minimum absolute atomic E-state index is 0.0384. The van der Waals surface area contributed by atoms with Crippen molar-refractivity contribution in [1.82, 2.24) is 20.5 Å². The van der Waals surface area contributed by atoms with Crippen LogP contribution in [0.4, 0.5) is 4.39 Å². The summed E-state index contributed by atoms with van der Waals surface area (Å²) in [7, 11) is 0. The van der Waals surface area contributed by atoms with Gasteiger partial charge < -0.3 is 15.4 Å². The van der Waals surface area contributed by atoms with Gasteiger partial charge in [0.2, 0.25) is 5.91 Å². The molecule has 0 spiro atoms. The maximum Gasteiger partial charge on any atom is 0.234 e. The number of hydrogen-bond donors (Lipinski definition) is 2. The third-order valence-corrected chi connectivity index (χ3v) is 4.28. The molecular formula is C19H23FN4O2. The molecule has 0 radical (unpaired) electrons. The summed E-state index contributed by atoms with van der Waals surface area (Å²) in [4.78, 5) is 18.6. The van der Waals surface area contributed by atoms with Gasteiger partial charge in [-0.15, -0.1) is 0 Å². The molecule has 1 aromatic heterocycles. The third kappa shape index (κ3) is 5.24. The van der Waals surface area contributed by atoms with Gasteiger partial charge in [-0.25, -0.2) is 4.39 Å². The lowest BCUT2D eigenvalue weighted by Gasteiger charge is -2.35. The predicted molar refractivity (Wildman–Crippen MR) is 96.3 cm³/mol. The molecule has 26 heavy (non-hydrogen) atoms. The molecule has 1 aliphatic rings. The number of ether oxygens (including phenoxy) is 1. The van der Waals surface area contributed by atoms with Crippen molar-refractivity contribution >= 4 is 5.91 Å². The predicted octanol–water partition coefficient (Wildman–Crippen LogP) is 1.36. The molecule has 0 aliphatic carbocycles. The standard InChI is InChI=1S/C19H23FN4O2/c20-16-3-5-17(6-4-16)26-11-9-23-19(25)14-24-10-8-22-13-18(24)15-2-1-7-21-12-15/h1-7,12,18,22H,8-11,13-14H2,(H,23,25). The smallest absolute Gasteiger partial charge is 0.234 e. The van der Waals surface area contributed by atoms with Gasteiger partial charge in [0.05, 0.1) is 13.1 Å². The van der Waals surface area contributed by atoms with Crippen LogP contribution in [-0.4, -0.2) is 55.1 Å². The first kappa shape index (κ1) is 18.3. The monoisotopic (exact) mass is 358 g/mol. The molecule has 0 bridgehead atoms. The Labute approximate surface area is 152 Å². The Hall–Kier alpha value is -2.51. The van der Waals surface area contributed by atoms with E-state index in [1.807, 2.05) is 18.3 Å². The lowest BCUT2D eigenvalue weighted by molar-refractivity contribution is -0.123. The van der Waals surface area contributed by atoms with Gasteiger partial charge in [0, 0.05) is 38.1 Å². The van der Waals surface area contributed by atoms with E-state index in [4.69, 9.17) is 4.74 Å². The maximum absolute atomic E-state index is 12.8. The number of amides is 1. The molecule has 6 nitrogen and oxygen atoms in total. The molecule has 0 saturated carbocycles. The Morgan fingerprint density at radius 1 is 1.35 bits per heavy atom. The minimum atomic E-state index is -0.301. The molecule has 1 fully saturated rings. The molecule has 1 unspecified atom stereocenters. The zero-order valence-corrected chi connectivity index (χ0v) is 14.5. The van der Waals surface area contributed by atoms with Crippen LogP contribution in [0.25, 0.3) is 0 Å². The van der Waals surface area contributed by atoms with Gasteiger partial charge in [-0.1, -0.05) is 6.07 Å². The van der Waals surface area contributed by atoms with Crippen LogP contribution >= 0.6 is 0 Å². The summed E-state index contributed by atoms with van der Waals surface area (Å²) in [6, 6.07) is 9.90. The summed E-state index contributed by atoms with van der Waals surface area (Å²) in [5, 5.41) is 6.23. The first-order valence-electron chi connectivity index (χ1n) is 8.72. The zero-order chi connectivity index (χ0) is 18.2. The number of pyridine rings is 1. The number of halogens is 1. The van der Waals surface area contributed by atoms with E-state index in [1.165, 1.54) is 12.1 Å². The van der Waals surface area contributed by atoms with Gasteiger partial charge in [0.1, 0.15) is 18.2 Å². The second kappa shape index (κ2) is 9.26. The van der Waals surface area contributed by atoms with Crippen LogP contribution in [0, 0.1) is 5.82 Å². The molecular weight excluding hydrogens is 335 g/mol. The van der Waals surface area contributed by atoms with E-state index >= 15 is 0 Å². The average molecular weight is 358 g/mol. The second-order valence-electron chi connectivity index (χ2n) is 6.13. The Morgan fingerprint density at radius 3 is 2.96 bits per heavy atom. The van der Waals surface area contributed by atoms with Crippen LogP contribution in [0.15, 0.2) is 48.8 Å². The fourth-order valence-electron chi connectivity index (χ4n) is 2.97. The maximum atomic E-state index is 12.8. The number of rotatable bonds is 7. The highest BCUT2D eigenvalue weighted by molar-refractivity contribution is 5.78. The molecule has 3 rings (SSSR count). The normalized spacial score (nSPS) is 17.7. The lowest BCUT2D eigenvalue weighted by atomic mass is 10.1. The van der Waals surface area contributed by atoms with Gasteiger partial charge in [-0.3, -0.25) is 14.7 Å². The van der Waals surface area contributed by atoms with Crippen molar-refractivity contribution in [2.24, 2.45) is 0 Å².